The van der Waals surface area contributed by atoms with Gasteiger partial charge in [-0.05, 0) is 30.0 Å². The van der Waals surface area contributed by atoms with Gasteiger partial charge in [-0.15, -0.1) is 0 Å². The third kappa shape index (κ3) is 4.23. The molecule has 0 saturated heterocycles. The smallest absolute Gasteiger partial charge is 0.0438 e. The van der Waals surface area contributed by atoms with Crippen LogP contribution in [0.5, 0.6) is 0 Å². The van der Waals surface area contributed by atoms with E-state index in [1.54, 1.807) is 0 Å². The van der Waals surface area contributed by atoms with Crippen LogP contribution in [0.2, 0.25) is 5.02 Å². The van der Waals surface area contributed by atoms with E-state index in [-0.39, 0.29) is 5.41 Å². The summed E-state index contributed by atoms with van der Waals surface area (Å²) in [5.41, 5.74) is 1.49. The van der Waals surface area contributed by atoms with Crippen LogP contribution in [0, 0.1) is 5.41 Å². The number of halogens is 1. The van der Waals surface area contributed by atoms with Crippen LogP contribution in [0.15, 0.2) is 24.3 Å². The second kappa shape index (κ2) is 5.53. The molecule has 84 valence electrons. The monoisotopic (exact) mass is 225 g/mol. The van der Waals surface area contributed by atoms with Crippen LogP contribution in [0.1, 0.15) is 26.3 Å². The van der Waals surface area contributed by atoms with Gasteiger partial charge in [0.25, 0.3) is 0 Å². The quantitative estimate of drug-likeness (QED) is 0.809. The summed E-state index contributed by atoms with van der Waals surface area (Å²) >= 11 is 6.14. The second-order valence-corrected chi connectivity index (χ2v) is 5.12. The zero-order valence-corrected chi connectivity index (χ0v) is 10.6. The maximum atomic E-state index is 6.14. The molecule has 0 amide bonds. The maximum absolute atomic E-state index is 6.14. The molecule has 1 nitrogen and oxygen atoms in total. The number of nitrogens with one attached hydrogen (secondary N) is 1. The van der Waals surface area contributed by atoms with Crippen molar-refractivity contribution >= 4 is 11.6 Å². The highest BCUT2D eigenvalue weighted by atomic mass is 35.5. The highest BCUT2D eigenvalue weighted by molar-refractivity contribution is 6.31. The van der Waals surface area contributed by atoms with Gasteiger partial charge in [-0.2, -0.15) is 0 Å². The van der Waals surface area contributed by atoms with Crippen LogP contribution >= 0.6 is 11.6 Å². The van der Waals surface area contributed by atoms with Crippen LogP contribution < -0.4 is 5.32 Å². The minimum atomic E-state index is 0.251. The minimum Gasteiger partial charge on any atom is -0.316 e. The van der Waals surface area contributed by atoms with Gasteiger partial charge in [0.05, 0.1) is 0 Å². The molecule has 1 aromatic rings. The van der Waals surface area contributed by atoms with Crippen molar-refractivity contribution in [3.63, 3.8) is 0 Å². The molecule has 0 aliphatic heterocycles. The maximum Gasteiger partial charge on any atom is 0.0438 e. The Bertz CT molecular complexity index is 307. The molecular weight excluding hydrogens is 206 g/mol. The average molecular weight is 226 g/mol. The number of benzene rings is 1. The van der Waals surface area contributed by atoms with Crippen LogP contribution in [0.3, 0.4) is 0 Å². The van der Waals surface area contributed by atoms with Crippen molar-refractivity contribution in [1.82, 2.24) is 5.32 Å². The van der Waals surface area contributed by atoms with Crippen molar-refractivity contribution in [2.45, 2.75) is 27.2 Å². The molecule has 0 atom stereocenters. The highest BCUT2D eigenvalue weighted by Crippen LogP contribution is 2.25. The van der Waals surface area contributed by atoms with Crippen molar-refractivity contribution < 1.29 is 0 Å². The Labute approximate surface area is 97.8 Å². The molecule has 0 aromatic heterocycles. The summed E-state index contributed by atoms with van der Waals surface area (Å²) in [5, 5.41) is 4.26. The first kappa shape index (κ1) is 12.5. The standard InChI is InChI=1S/C13H20ClN/c1-4-15-10-13(2,3)9-11-7-5-6-8-12(11)14/h5-8,15H,4,9-10H2,1-3H3. The molecule has 0 heterocycles. The summed E-state index contributed by atoms with van der Waals surface area (Å²) < 4.78 is 0. The van der Waals surface area contributed by atoms with Crippen molar-refractivity contribution in [3.8, 4) is 0 Å². The van der Waals surface area contributed by atoms with E-state index >= 15 is 0 Å². The molecule has 0 unspecified atom stereocenters. The summed E-state index contributed by atoms with van der Waals surface area (Å²) in [6.45, 7) is 8.70. The van der Waals surface area contributed by atoms with Crippen LogP contribution in [-0.4, -0.2) is 13.1 Å². The third-order valence-corrected chi connectivity index (χ3v) is 2.85. The fraction of sp³-hybridized carbons (Fsp3) is 0.538. The van der Waals surface area contributed by atoms with Crippen molar-refractivity contribution in [2.24, 2.45) is 5.41 Å². The van der Waals surface area contributed by atoms with E-state index in [0.717, 1.165) is 24.5 Å². The van der Waals surface area contributed by atoms with Gasteiger partial charge in [0.15, 0.2) is 0 Å². The molecule has 2 heteroatoms. The Balaban J connectivity index is 2.64. The molecule has 0 spiro atoms. The lowest BCUT2D eigenvalue weighted by Gasteiger charge is -2.25. The van der Waals surface area contributed by atoms with Crippen LogP contribution in [-0.2, 0) is 6.42 Å². The third-order valence-electron chi connectivity index (χ3n) is 2.48. The van der Waals surface area contributed by atoms with E-state index in [1.807, 2.05) is 18.2 Å². The predicted molar refractivity (Wildman–Crippen MR) is 67.5 cm³/mol. The second-order valence-electron chi connectivity index (χ2n) is 4.71. The zero-order chi connectivity index (χ0) is 11.3. The first-order valence-electron chi connectivity index (χ1n) is 5.49. The van der Waals surface area contributed by atoms with E-state index in [0.29, 0.717) is 0 Å². The Kier molecular flexibility index (Phi) is 4.62. The summed E-state index contributed by atoms with van der Waals surface area (Å²) in [7, 11) is 0. The fourth-order valence-corrected chi connectivity index (χ4v) is 1.89. The first-order chi connectivity index (χ1) is 7.05. The molecule has 0 fully saturated rings. The van der Waals surface area contributed by atoms with Gasteiger partial charge in [-0.3, -0.25) is 0 Å². The molecular formula is C13H20ClN. The van der Waals surface area contributed by atoms with Crippen LogP contribution in [0.4, 0.5) is 0 Å². The van der Waals surface area contributed by atoms with E-state index < -0.39 is 0 Å². The van der Waals surface area contributed by atoms with Gasteiger partial charge < -0.3 is 5.32 Å². The predicted octanol–water partition coefficient (Wildman–Crippen LogP) is 3.52. The van der Waals surface area contributed by atoms with Crippen molar-refractivity contribution in [3.05, 3.63) is 34.9 Å². The van der Waals surface area contributed by atoms with Gasteiger partial charge >= 0.3 is 0 Å². The van der Waals surface area contributed by atoms with Gasteiger partial charge in [0.1, 0.15) is 0 Å². The molecule has 1 aromatic carbocycles. The Morgan fingerprint density at radius 3 is 2.53 bits per heavy atom. The van der Waals surface area contributed by atoms with Gasteiger partial charge in [-0.1, -0.05) is 50.6 Å². The topological polar surface area (TPSA) is 12.0 Å². The summed E-state index contributed by atoms with van der Waals surface area (Å²) in [6.07, 6.45) is 1.01. The molecule has 0 aliphatic rings. The lowest BCUT2D eigenvalue weighted by atomic mass is 9.85. The highest BCUT2D eigenvalue weighted by Gasteiger charge is 2.18. The molecule has 0 saturated carbocycles. The molecule has 0 bridgehead atoms. The fourth-order valence-electron chi connectivity index (χ4n) is 1.68. The van der Waals surface area contributed by atoms with E-state index in [4.69, 9.17) is 11.6 Å². The van der Waals surface area contributed by atoms with Gasteiger partial charge in [-0.25, -0.2) is 0 Å². The lowest BCUT2D eigenvalue weighted by molar-refractivity contribution is 0.342. The summed E-state index contributed by atoms with van der Waals surface area (Å²) in [5.74, 6) is 0. The molecule has 1 rings (SSSR count). The SMILES string of the molecule is CCNCC(C)(C)Cc1ccccc1Cl. The van der Waals surface area contributed by atoms with Gasteiger partial charge in [0, 0.05) is 11.6 Å². The van der Waals surface area contributed by atoms with Crippen molar-refractivity contribution in [2.75, 3.05) is 13.1 Å². The molecule has 0 aliphatic carbocycles. The zero-order valence-electron chi connectivity index (χ0n) is 9.81. The van der Waals surface area contributed by atoms with Gasteiger partial charge in [0.2, 0.25) is 0 Å². The largest absolute Gasteiger partial charge is 0.316 e. The summed E-state index contributed by atoms with van der Waals surface area (Å²) in [4.78, 5) is 0. The Hall–Kier alpha value is -0.530. The Morgan fingerprint density at radius 2 is 1.93 bits per heavy atom. The number of hydrogen-bond donors (Lipinski definition) is 1. The van der Waals surface area contributed by atoms with E-state index in [9.17, 15) is 0 Å². The van der Waals surface area contributed by atoms with E-state index in [1.165, 1.54) is 5.56 Å². The average Bonchev–Trinajstić information content (AvgIpc) is 2.18. The van der Waals surface area contributed by atoms with E-state index in [2.05, 4.69) is 32.2 Å². The lowest BCUT2D eigenvalue weighted by Crippen LogP contribution is -2.31. The summed E-state index contributed by atoms with van der Waals surface area (Å²) in [6, 6.07) is 8.09. The minimum absolute atomic E-state index is 0.251. The van der Waals surface area contributed by atoms with Crippen molar-refractivity contribution in [1.29, 1.82) is 0 Å². The molecule has 1 N–H and O–H groups in total. The van der Waals surface area contributed by atoms with Crippen LogP contribution in [0.25, 0.3) is 0 Å². The number of hydrogen-bond acceptors (Lipinski definition) is 1. The number of rotatable bonds is 5. The molecule has 0 radical (unpaired) electrons. The molecule has 15 heavy (non-hydrogen) atoms. The Morgan fingerprint density at radius 1 is 1.27 bits per heavy atom. The first-order valence-corrected chi connectivity index (χ1v) is 5.87. The normalized spacial score (nSPS) is 11.7.